The van der Waals surface area contributed by atoms with Crippen LogP contribution in [0.5, 0.6) is 0 Å². The van der Waals surface area contributed by atoms with Crippen molar-refractivity contribution in [3.05, 3.63) is 65.7 Å². The van der Waals surface area contributed by atoms with Crippen molar-refractivity contribution in [2.75, 3.05) is 0 Å². The third-order valence-corrected chi connectivity index (χ3v) is 2.69. The van der Waals surface area contributed by atoms with E-state index in [0.29, 0.717) is 5.39 Å². The van der Waals surface area contributed by atoms with Crippen molar-refractivity contribution in [2.45, 2.75) is 0 Å². The highest BCUT2D eigenvalue weighted by molar-refractivity contribution is 6.08. The quantitative estimate of drug-likeness (QED) is 0.663. The van der Waals surface area contributed by atoms with Gasteiger partial charge in [0.1, 0.15) is 5.82 Å². The lowest BCUT2D eigenvalue weighted by molar-refractivity contribution is 0.101. The summed E-state index contributed by atoms with van der Waals surface area (Å²) in [4.78, 5) is 15.6. The number of hydrogen-bond acceptors (Lipinski definition) is 3. The fourth-order valence-corrected chi connectivity index (χ4v) is 1.82. The predicted octanol–water partition coefficient (Wildman–Crippen LogP) is 3.34. The van der Waals surface area contributed by atoms with Gasteiger partial charge in [0.25, 0.3) is 0 Å². The molecule has 0 bridgehead atoms. The second-order valence-corrected chi connectivity index (χ2v) is 3.99. The molecule has 3 aromatic rings. The molecule has 0 aliphatic carbocycles. The molecule has 19 heavy (non-hydrogen) atoms. The number of furan rings is 1. The Bertz CT molecular complexity index is 780. The molecule has 94 valence electrons. The number of fused-ring (bicyclic) bond motifs is 1. The van der Waals surface area contributed by atoms with Crippen LogP contribution in [0.3, 0.4) is 0 Å². The van der Waals surface area contributed by atoms with Gasteiger partial charge in [-0.2, -0.15) is 0 Å². The van der Waals surface area contributed by atoms with Gasteiger partial charge in [0.05, 0.1) is 6.20 Å². The number of ketones is 1. The highest BCUT2D eigenvalue weighted by Crippen LogP contribution is 2.23. The Balaban J connectivity index is 2.09. The Morgan fingerprint density at radius 3 is 2.74 bits per heavy atom. The average Bonchev–Trinajstić information content (AvgIpc) is 2.83. The van der Waals surface area contributed by atoms with E-state index in [1.165, 1.54) is 24.4 Å². The van der Waals surface area contributed by atoms with Crippen LogP contribution in [0.2, 0.25) is 0 Å². The fraction of sp³-hybridized carbons (Fsp3) is 0. The second-order valence-electron chi connectivity index (χ2n) is 3.99. The second kappa shape index (κ2) is 4.28. The predicted molar refractivity (Wildman–Crippen MR) is 63.8 cm³/mol. The molecule has 0 aliphatic heterocycles. The molecule has 0 atom stereocenters. The fourth-order valence-electron chi connectivity index (χ4n) is 1.82. The Morgan fingerprint density at radius 2 is 2.00 bits per heavy atom. The maximum atomic E-state index is 13.5. The standard InChI is InChI=1S/C14H7F2NO2/c15-10-4-9(6-17-7-10)13(18)12-5-8-2-1-3-11(16)14(8)19-12/h1-7H. The number of rotatable bonds is 2. The Hall–Kier alpha value is -2.56. The Kier molecular flexibility index (Phi) is 2.59. The van der Waals surface area contributed by atoms with E-state index in [1.54, 1.807) is 6.07 Å². The molecule has 0 radical (unpaired) electrons. The molecule has 1 aromatic carbocycles. The van der Waals surface area contributed by atoms with Crippen LogP contribution < -0.4 is 0 Å². The van der Waals surface area contributed by atoms with Gasteiger partial charge in [-0.1, -0.05) is 12.1 Å². The zero-order chi connectivity index (χ0) is 13.4. The Labute approximate surface area is 106 Å². The number of carbonyl (C=O) groups is 1. The van der Waals surface area contributed by atoms with Crippen LogP contribution >= 0.6 is 0 Å². The average molecular weight is 259 g/mol. The Morgan fingerprint density at radius 1 is 1.16 bits per heavy atom. The number of halogens is 2. The van der Waals surface area contributed by atoms with E-state index in [0.717, 1.165) is 12.3 Å². The lowest BCUT2D eigenvalue weighted by Gasteiger charge is -1.96. The molecule has 0 saturated heterocycles. The molecule has 0 amide bonds. The summed E-state index contributed by atoms with van der Waals surface area (Å²) in [6, 6.07) is 6.86. The van der Waals surface area contributed by atoms with Crippen molar-refractivity contribution in [3.63, 3.8) is 0 Å². The van der Waals surface area contributed by atoms with E-state index in [-0.39, 0.29) is 16.9 Å². The number of hydrogen-bond donors (Lipinski definition) is 0. The minimum atomic E-state index is -0.617. The highest BCUT2D eigenvalue weighted by Gasteiger charge is 2.17. The van der Waals surface area contributed by atoms with Gasteiger partial charge < -0.3 is 4.42 Å². The van der Waals surface area contributed by atoms with Gasteiger partial charge >= 0.3 is 0 Å². The first kappa shape index (κ1) is 11.5. The zero-order valence-corrected chi connectivity index (χ0v) is 9.56. The summed E-state index contributed by atoms with van der Waals surface area (Å²) in [7, 11) is 0. The molecule has 0 spiro atoms. The number of nitrogens with zero attached hydrogens (tertiary/aromatic N) is 1. The van der Waals surface area contributed by atoms with E-state index in [9.17, 15) is 13.6 Å². The summed E-state index contributed by atoms with van der Waals surface area (Å²) in [6.07, 6.45) is 2.23. The maximum absolute atomic E-state index is 13.5. The molecular weight excluding hydrogens is 252 g/mol. The van der Waals surface area contributed by atoms with Crippen LogP contribution in [0.15, 0.2) is 47.1 Å². The normalized spacial score (nSPS) is 10.8. The molecule has 0 N–H and O–H groups in total. The third kappa shape index (κ3) is 1.99. The topological polar surface area (TPSA) is 43.1 Å². The van der Waals surface area contributed by atoms with Crippen molar-refractivity contribution in [3.8, 4) is 0 Å². The number of para-hydroxylation sites is 1. The van der Waals surface area contributed by atoms with Gasteiger partial charge in [-0.25, -0.2) is 8.78 Å². The van der Waals surface area contributed by atoms with Crippen LogP contribution in [0.25, 0.3) is 11.0 Å². The van der Waals surface area contributed by atoms with Crippen molar-refractivity contribution in [2.24, 2.45) is 0 Å². The largest absolute Gasteiger partial charge is 0.449 e. The van der Waals surface area contributed by atoms with Crippen LogP contribution in [-0.2, 0) is 0 Å². The number of carbonyl (C=O) groups excluding carboxylic acids is 1. The van der Waals surface area contributed by atoms with Crippen LogP contribution in [0.1, 0.15) is 16.1 Å². The minimum absolute atomic E-state index is 0.00946. The van der Waals surface area contributed by atoms with Crippen molar-refractivity contribution in [1.82, 2.24) is 4.98 Å². The molecule has 3 rings (SSSR count). The van der Waals surface area contributed by atoms with Crippen molar-refractivity contribution >= 4 is 16.8 Å². The zero-order valence-electron chi connectivity index (χ0n) is 9.56. The molecule has 0 fully saturated rings. The van der Waals surface area contributed by atoms with Gasteiger partial charge in [-0.15, -0.1) is 0 Å². The molecule has 5 heteroatoms. The van der Waals surface area contributed by atoms with E-state index < -0.39 is 17.4 Å². The summed E-state index contributed by atoms with van der Waals surface area (Å²) in [6.45, 7) is 0. The van der Waals surface area contributed by atoms with Crippen molar-refractivity contribution in [1.29, 1.82) is 0 Å². The van der Waals surface area contributed by atoms with Crippen LogP contribution in [0, 0.1) is 11.6 Å². The minimum Gasteiger partial charge on any atom is -0.449 e. The molecule has 2 heterocycles. The van der Waals surface area contributed by atoms with E-state index in [1.807, 2.05) is 0 Å². The highest BCUT2D eigenvalue weighted by atomic mass is 19.1. The van der Waals surface area contributed by atoms with Gasteiger partial charge in [0.15, 0.2) is 17.2 Å². The third-order valence-electron chi connectivity index (χ3n) is 2.69. The SMILES string of the molecule is O=C(c1cncc(F)c1)c1cc2cccc(F)c2o1. The van der Waals surface area contributed by atoms with E-state index in [2.05, 4.69) is 4.98 Å². The smallest absolute Gasteiger partial charge is 0.229 e. The molecule has 0 unspecified atom stereocenters. The maximum Gasteiger partial charge on any atom is 0.229 e. The summed E-state index contributed by atoms with van der Waals surface area (Å²) >= 11 is 0. The summed E-state index contributed by atoms with van der Waals surface area (Å²) < 4.78 is 31.6. The molecule has 0 aliphatic rings. The van der Waals surface area contributed by atoms with E-state index >= 15 is 0 Å². The number of aromatic nitrogens is 1. The number of pyridine rings is 1. The van der Waals surface area contributed by atoms with Gasteiger partial charge in [-0.05, 0) is 18.2 Å². The van der Waals surface area contributed by atoms with E-state index in [4.69, 9.17) is 4.42 Å². The molecule has 0 saturated carbocycles. The molecule has 2 aromatic heterocycles. The van der Waals surface area contributed by atoms with Gasteiger partial charge in [-0.3, -0.25) is 9.78 Å². The summed E-state index contributed by atoms with van der Waals surface area (Å²) in [5, 5.41) is 0.479. The van der Waals surface area contributed by atoms with Crippen LogP contribution in [-0.4, -0.2) is 10.8 Å². The first-order valence-corrected chi connectivity index (χ1v) is 5.48. The van der Waals surface area contributed by atoms with Crippen molar-refractivity contribution < 1.29 is 18.0 Å². The summed E-state index contributed by atoms with van der Waals surface area (Å²) in [5.74, 6) is -1.75. The van der Waals surface area contributed by atoms with Crippen LogP contribution in [0.4, 0.5) is 8.78 Å². The van der Waals surface area contributed by atoms with Gasteiger partial charge in [0, 0.05) is 17.1 Å². The first-order chi connectivity index (χ1) is 9.15. The monoisotopic (exact) mass is 259 g/mol. The molecular formula is C14H7F2NO2. The lowest BCUT2D eigenvalue weighted by atomic mass is 10.1. The van der Waals surface area contributed by atoms with Gasteiger partial charge in [0.2, 0.25) is 5.78 Å². The first-order valence-electron chi connectivity index (χ1n) is 5.48. The summed E-state index contributed by atoms with van der Waals surface area (Å²) in [5.41, 5.74) is 0.0645. The number of benzene rings is 1. The lowest BCUT2D eigenvalue weighted by Crippen LogP contribution is -2.00. The molecule has 3 nitrogen and oxygen atoms in total.